The monoisotopic (exact) mass is 460 g/mol. The van der Waals surface area contributed by atoms with Crippen LogP contribution in [0, 0.1) is 0 Å². The van der Waals surface area contributed by atoms with Crippen molar-refractivity contribution in [2.75, 3.05) is 24.7 Å². The van der Waals surface area contributed by atoms with Gasteiger partial charge in [-0.2, -0.15) is 0 Å². The Morgan fingerprint density at radius 2 is 1.00 bits per heavy atom. The fraction of sp³-hybridized carbons (Fsp3) is 0.400. The van der Waals surface area contributed by atoms with E-state index in [9.17, 15) is 0 Å². The van der Waals surface area contributed by atoms with Crippen molar-refractivity contribution >= 4 is 11.4 Å². The Balaban J connectivity index is 2.00. The second-order valence-corrected chi connectivity index (χ2v) is 8.91. The molecule has 3 rings (SSSR count). The largest absolute Gasteiger partial charge is 0.493 e. The number of anilines is 2. The van der Waals surface area contributed by atoms with Crippen molar-refractivity contribution < 1.29 is 9.47 Å². The van der Waals surface area contributed by atoms with E-state index in [-0.39, 0.29) is 0 Å². The van der Waals surface area contributed by atoms with E-state index in [1.54, 1.807) is 0 Å². The fourth-order valence-corrected chi connectivity index (χ4v) is 4.08. The van der Waals surface area contributed by atoms with E-state index in [4.69, 9.17) is 20.9 Å². The number of hydrogen-bond donors (Lipinski definition) is 2. The number of hydrogen-bond acceptors (Lipinski definition) is 4. The first-order valence-corrected chi connectivity index (χ1v) is 12.8. The van der Waals surface area contributed by atoms with Crippen LogP contribution in [-0.2, 0) is 0 Å². The molecule has 182 valence electrons. The topological polar surface area (TPSA) is 70.5 Å². The predicted molar refractivity (Wildman–Crippen MR) is 145 cm³/mol. The molecule has 0 radical (unpaired) electrons. The molecule has 0 aliphatic carbocycles. The highest BCUT2D eigenvalue weighted by molar-refractivity contribution is 5.82. The number of benzene rings is 3. The van der Waals surface area contributed by atoms with Crippen molar-refractivity contribution in [1.82, 2.24) is 0 Å². The minimum atomic E-state index is 0.683. The van der Waals surface area contributed by atoms with Crippen LogP contribution in [0.1, 0.15) is 65.2 Å². The van der Waals surface area contributed by atoms with Crippen LogP contribution in [0.15, 0.2) is 60.7 Å². The molecule has 0 bridgehead atoms. The number of rotatable bonds is 14. The van der Waals surface area contributed by atoms with Crippen LogP contribution in [0.5, 0.6) is 11.5 Å². The number of ether oxygens (including phenoxy) is 2. The van der Waals surface area contributed by atoms with Crippen molar-refractivity contribution in [1.29, 1.82) is 0 Å². The number of nitrogens with two attached hydrogens (primary N) is 2. The normalized spacial score (nSPS) is 10.9. The van der Waals surface area contributed by atoms with Gasteiger partial charge in [0, 0.05) is 22.5 Å². The third-order valence-corrected chi connectivity index (χ3v) is 5.99. The summed E-state index contributed by atoms with van der Waals surface area (Å²) in [5, 5.41) is 0. The first-order valence-electron chi connectivity index (χ1n) is 12.8. The van der Waals surface area contributed by atoms with Crippen molar-refractivity contribution in [3.63, 3.8) is 0 Å². The van der Waals surface area contributed by atoms with E-state index in [2.05, 4.69) is 38.1 Å². The molecule has 0 aliphatic rings. The Morgan fingerprint density at radius 3 is 1.38 bits per heavy atom. The Bertz CT molecular complexity index is 949. The summed E-state index contributed by atoms with van der Waals surface area (Å²) in [6.07, 6.45) is 9.28. The Morgan fingerprint density at radius 1 is 0.559 bits per heavy atom. The van der Waals surface area contributed by atoms with Crippen LogP contribution in [-0.4, -0.2) is 13.2 Å². The van der Waals surface area contributed by atoms with Crippen molar-refractivity contribution in [3.05, 3.63) is 60.7 Å². The van der Waals surface area contributed by atoms with Gasteiger partial charge in [0.15, 0.2) is 0 Å². The molecule has 0 unspecified atom stereocenters. The van der Waals surface area contributed by atoms with Gasteiger partial charge in [-0.1, -0.05) is 76.6 Å². The zero-order chi connectivity index (χ0) is 24.2. The SMILES string of the molecule is CCCCCCOc1cc(-c2cccc(N)c2)c(OCCCCCC)cc1-c1cccc(N)c1. The molecule has 0 saturated carbocycles. The highest BCUT2D eigenvalue weighted by Crippen LogP contribution is 2.42. The minimum Gasteiger partial charge on any atom is -0.493 e. The molecule has 34 heavy (non-hydrogen) atoms. The lowest BCUT2D eigenvalue weighted by Crippen LogP contribution is -2.03. The van der Waals surface area contributed by atoms with E-state index in [1.165, 1.54) is 38.5 Å². The van der Waals surface area contributed by atoms with E-state index in [0.717, 1.165) is 58.0 Å². The summed E-state index contributed by atoms with van der Waals surface area (Å²) in [5.74, 6) is 1.69. The Labute approximate surface area is 205 Å². The number of nitrogen functional groups attached to an aromatic ring is 2. The maximum atomic E-state index is 6.36. The molecule has 0 aromatic heterocycles. The first kappa shape index (κ1) is 25.5. The summed E-state index contributed by atoms with van der Waals surface area (Å²) in [6, 6.07) is 20.1. The maximum Gasteiger partial charge on any atom is 0.128 e. The van der Waals surface area contributed by atoms with Gasteiger partial charge in [-0.3, -0.25) is 0 Å². The van der Waals surface area contributed by atoms with Gasteiger partial charge in [0.25, 0.3) is 0 Å². The first-order chi connectivity index (χ1) is 16.6. The van der Waals surface area contributed by atoms with Crippen LogP contribution < -0.4 is 20.9 Å². The second kappa shape index (κ2) is 13.5. The summed E-state index contributed by atoms with van der Waals surface area (Å²) in [4.78, 5) is 0. The molecule has 0 spiro atoms. The van der Waals surface area contributed by atoms with Gasteiger partial charge in [0.05, 0.1) is 13.2 Å². The zero-order valence-electron chi connectivity index (χ0n) is 20.8. The lowest BCUT2D eigenvalue weighted by molar-refractivity contribution is 0.299. The molecule has 3 aromatic carbocycles. The van der Waals surface area contributed by atoms with Crippen LogP contribution >= 0.6 is 0 Å². The third-order valence-electron chi connectivity index (χ3n) is 5.99. The fourth-order valence-electron chi connectivity index (χ4n) is 4.08. The van der Waals surface area contributed by atoms with E-state index in [1.807, 2.05) is 36.4 Å². The smallest absolute Gasteiger partial charge is 0.128 e. The van der Waals surface area contributed by atoms with E-state index >= 15 is 0 Å². The Kier molecular flexibility index (Phi) is 10.1. The summed E-state index contributed by atoms with van der Waals surface area (Å²) in [6.45, 7) is 5.81. The lowest BCUT2D eigenvalue weighted by Gasteiger charge is -2.19. The summed E-state index contributed by atoms with van der Waals surface area (Å²) >= 11 is 0. The van der Waals surface area contributed by atoms with Gasteiger partial charge >= 0.3 is 0 Å². The van der Waals surface area contributed by atoms with Gasteiger partial charge in [-0.15, -0.1) is 0 Å². The van der Waals surface area contributed by atoms with Crippen LogP contribution in [0.2, 0.25) is 0 Å². The van der Waals surface area contributed by atoms with Crippen LogP contribution in [0.25, 0.3) is 22.3 Å². The molecule has 3 aromatic rings. The molecule has 4 heteroatoms. The Hall–Kier alpha value is -3.14. The standard InChI is InChI=1S/C30H40N2O2/c1-3-5-7-9-17-33-29-21-28(24-14-12-16-26(32)20-24)30(34-18-10-8-6-4-2)22-27(29)23-13-11-15-25(31)19-23/h11-16,19-22H,3-10,17-18,31-32H2,1-2H3. The molecule has 0 atom stereocenters. The molecular formula is C30H40N2O2. The van der Waals surface area contributed by atoms with Crippen LogP contribution in [0.4, 0.5) is 11.4 Å². The molecule has 0 heterocycles. The van der Waals surface area contributed by atoms with Crippen molar-refractivity contribution in [2.45, 2.75) is 65.2 Å². The average molecular weight is 461 g/mol. The molecule has 0 saturated heterocycles. The number of unbranched alkanes of at least 4 members (excludes halogenated alkanes) is 6. The zero-order valence-corrected chi connectivity index (χ0v) is 20.8. The van der Waals surface area contributed by atoms with Crippen molar-refractivity contribution in [2.24, 2.45) is 0 Å². The molecule has 0 fully saturated rings. The van der Waals surface area contributed by atoms with Gasteiger partial charge in [0.2, 0.25) is 0 Å². The minimum absolute atomic E-state index is 0.683. The highest BCUT2D eigenvalue weighted by atomic mass is 16.5. The van der Waals surface area contributed by atoms with Gasteiger partial charge in [-0.25, -0.2) is 0 Å². The van der Waals surface area contributed by atoms with Gasteiger partial charge in [-0.05, 0) is 60.4 Å². The molecule has 0 aliphatic heterocycles. The van der Waals surface area contributed by atoms with Gasteiger partial charge in [0.1, 0.15) is 11.5 Å². The maximum absolute atomic E-state index is 6.36. The molecule has 0 amide bonds. The summed E-state index contributed by atoms with van der Waals surface area (Å²) < 4.78 is 12.7. The second-order valence-electron chi connectivity index (χ2n) is 8.91. The van der Waals surface area contributed by atoms with E-state index in [0.29, 0.717) is 13.2 Å². The summed E-state index contributed by atoms with van der Waals surface area (Å²) in [7, 11) is 0. The van der Waals surface area contributed by atoms with Crippen molar-refractivity contribution in [3.8, 4) is 33.8 Å². The quantitative estimate of drug-likeness (QED) is 0.188. The predicted octanol–water partition coefficient (Wildman–Crippen LogP) is 8.10. The lowest BCUT2D eigenvalue weighted by atomic mass is 9.97. The molecule has 4 N–H and O–H groups in total. The van der Waals surface area contributed by atoms with Gasteiger partial charge < -0.3 is 20.9 Å². The molecular weight excluding hydrogens is 420 g/mol. The summed E-state index contributed by atoms with van der Waals surface area (Å²) in [5.41, 5.74) is 17.7. The third kappa shape index (κ3) is 7.44. The highest BCUT2D eigenvalue weighted by Gasteiger charge is 2.16. The van der Waals surface area contributed by atoms with Crippen LogP contribution in [0.3, 0.4) is 0 Å². The average Bonchev–Trinajstić information content (AvgIpc) is 2.84. The molecule has 4 nitrogen and oxygen atoms in total. The van der Waals surface area contributed by atoms with E-state index < -0.39 is 0 Å².